The zero-order valence-electron chi connectivity index (χ0n) is 8.60. The molecule has 2 unspecified atom stereocenters. The molecule has 0 amide bonds. The van der Waals surface area contributed by atoms with Crippen molar-refractivity contribution >= 4 is 0 Å². The lowest BCUT2D eigenvalue weighted by molar-refractivity contribution is 0.0190. The number of ether oxygens (including phenoxy) is 1. The smallest absolute Gasteiger partial charge is 0.0882 e. The van der Waals surface area contributed by atoms with E-state index in [1.54, 1.807) is 12.4 Å². The molecule has 1 aliphatic heterocycles. The second kappa shape index (κ2) is 4.26. The van der Waals surface area contributed by atoms with Gasteiger partial charge in [-0.25, -0.2) is 0 Å². The van der Waals surface area contributed by atoms with Crippen LogP contribution >= 0.6 is 0 Å². The van der Waals surface area contributed by atoms with E-state index >= 15 is 0 Å². The number of rotatable bonds is 3. The zero-order valence-corrected chi connectivity index (χ0v) is 8.60. The van der Waals surface area contributed by atoms with Crippen molar-refractivity contribution in [2.45, 2.75) is 12.5 Å². The summed E-state index contributed by atoms with van der Waals surface area (Å²) in [5, 5.41) is 10.3. The van der Waals surface area contributed by atoms with Crippen LogP contribution in [0.4, 0.5) is 0 Å². The fourth-order valence-electron chi connectivity index (χ4n) is 2.01. The number of nitrogens with zero attached hydrogens (tertiary/aromatic N) is 1. The Hall–Kier alpha value is -0.970. The van der Waals surface area contributed by atoms with Crippen LogP contribution in [0, 0.1) is 5.41 Å². The summed E-state index contributed by atoms with van der Waals surface area (Å²) >= 11 is 0. The van der Waals surface area contributed by atoms with Gasteiger partial charge in [-0.3, -0.25) is 4.98 Å². The number of pyridine rings is 1. The summed E-state index contributed by atoms with van der Waals surface area (Å²) in [6.45, 7) is 1.66. The predicted octanol–water partition coefficient (Wildman–Crippen LogP) is 0.480. The molecule has 1 aliphatic rings. The monoisotopic (exact) mass is 208 g/mol. The van der Waals surface area contributed by atoms with E-state index in [2.05, 4.69) is 4.98 Å². The van der Waals surface area contributed by atoms with Crippen molar-refractivity contribution in [3.05, 3.63) is 30.1 Å². The molecule has 4 heteroatoms. The van der Waals surface area contributed by atoms with Crippen molar-refractivity contribution in [1.82, 2.24) is 4.98 Å². The fraction of sp³-hybridized carbons (Fsp3) is 0.545. The van der Waals surface area contributed by atoms with Crippen LogP contribution < -0.4 is 5.73 Å². The number of aliphatic hydroxyl groups is 1. The quantitative estimate of drug-likeness (QED) is 0.758. The minimum absolute atomic E-state index is 0.318. The Bertz CT molecular complexity index is 310. The zero-order chi connectivity index (χ0) is 10.7. The van der Waals surface area contributed by atoms with Crippen LogP contribution in [0.15, 0.2) is 24.5 Å². The van der Waals surface area contributed by atoms with Gasteiger partial charge in [0.1, 0.15) is 0 Å². The van der Waals surface area contributed by atoms with E-state index in [0.29, 0.717) is 19.8 Å². The van der Waals surface area contributed by atoms with E-state index in [-0.39, 0.29) is 5.41 Å². The van der Waals surface area contributed by atoms with Gasteiger partial charge in [-0.15, -0.1) is 0 Å². The second-order valence-corrected chi connectivity index (χ2v) is 4.05. The van der Waals surface area contributed by atoms with Crippen LogP contribution in [-0.4, -0.2) is 29.8 Å². The van der Waals surface area contributed by atoms with Gasteiger partial charge in [0, 0.05) is 31.0 Å². The number of hydrogen-bond acceptors (Lipinski definition) is 4. The van der Waals surface area contributed by atoms with E-state index in [9.17, 15) is 5.11 Å². The molecule has 0 saturated carbocycles. The third-order valence-electron chi connectivity index (χ3n) is 3.14. The lowest BCUT2D eigenvalue weighted by Crippen LogP contribution is -2.37. The SMILES string of the molecule is NCC1(C(O)c2ccncc2)CCOC1. The molecule has 4 nitrogen and oxygen atoms in total. The van der Waals surface area contributed by atoms with Crippen LogP contribution in [0.25, 0.3) is 0 Å². The molecule has 15 heavy (non-hydrogen) atoms. The van der Waals surface area contributed by atoms with Crippen LogP contribution in [0.5, 0.6) is 0 Å². The largest absolute Gasteiger partial charge is 0.388 e. The highest BCUT2D eigenvalue weighted by Crippen LogP contribution is 2.39. The summed E-state index contributed by atoms with van der Waals surface area (Å²) in [7, 11) is 0. The molecule has 2 heterocycles. The molecule has 1 aromatic rings. The number of nitrogens with two attached hydrogens (primary N) is 1. The van der Waals surface area contributed by atoms with E-state index in [1.807, 2.05) is 12.1 Å². The third kappa shape index (κ3) is 1.88. The first-order valence-corrected chi connectivity index (χ1v) is 5.14. The van der Waals surface area contributed by atoms with E-state index in [1.165, 1.54) is 0 Å². The lowest BCUT2D eigenvalue weighted by atomic mass is 9.78. The van der Waals surface area contributed by atoms with Crippen LogP contribution in [0.2, 0.25) is 0 Å². The molecule has 0 spiro atoms. The maximum atomic E-state index is 10.3. The maximum absolute atomic E-state index is 10.3. The van der Waals surface area contributed by atoms with Gasteiger partial charge >= 0.3 is 0 Å². The Kier molecular flexibility index (Phi) is 3.00. The standard InChI is InChI=1S/C11H16N2O2/c12-7-11(3-6-15-8-11)10(14)9-1-4-13-5-2-9/h1-2,4-5,10,14H,3,6-8,12H2. The van der Waals surface area contributed by atoms with Crippen molar-refractivity contribution in [3.8, 4) is 0 Å². The Morgan fingerprint density at radius 1 is 1.53 bits per heavy atom. The van der Waals surface area contributed by atoms with Crippen molar-refractivity contribution in [2.75, 3.05) is 19.8 Å². The molecule has 1 fully saturated rings. The average Bonchev–Trinajstić information content (AvgIpc) is 2.79. The highest BCUT2D eigenvalue weighted by molar-refractivity contribution is 5.17. The number of hydrogen-bond donors (Lipinski definition) is 2. The molecule has 2 rings (SSSR count). The van der Waals surface area contributed by atoms with Gasteiger partial charge in [-0.05, 0) is 24.1 Å². The van der Waals surface area contributed by atoms with E-state index in [0.717, 1.165) is 12.0 Å². The summed E-state index contributed by atoms with van der Waals surface area (Å²) in [5.74, 6) is 0. The van der Waals surface area contributed by atoms with Crippen molar-refractivity contribution in [3.63, 3.8) is 0 Å². The van der Waals surface area contributed by atoms with Gasteiger partial charge < -0.3 is 15.6 Å². The summed E-state index contributed by atoms with van der Waals surface area (Å²) in [6, 6.07) is 3.64. The van der Waals surface area contributed by atoms with Gasteiger partial charge in [0.25, 0.3) is 0 Å². The first-order valence-electron chi connectivity index (χ1n) is 5.14. The summed E-state index contributed by atoms with van der Waals surface area (Å²) in [5.41, 5.74) is 6.30. The molecule has 0 bridgehead atoms. The minimum atomic E-state index is -0.562. The van der Waals surface area contributed by atoms with Gasteiger partial charge in [-0.2, -0.15) is 0 Å². The van der Waals surface area contributed by atoms with Gasteiger partial charge in [0.15, 0.2) is 0 Å². The molecule has 0 aliphatic carbocycles. The normalized spacial score (nSPS) is 27.9. The summed E-state index contributed by atoms with van der Waals surface area (Å²) in [6.07, 6.45) is 3.61. The highest BCUT2D eigenvalue weighted by Gasteiger charge is 2.41. The molecule has 3 N–H and O–H groups in total. The lowest BCUT2D eigenvalue weighted by Gasteiger charge is -2.31. The van der Waals surface area contributed by atoms with Crippen LogP contribution in [0.1, 0.15) is 18.1 Å². The Balaban J connectivity index is 2.22. The molecule has 0 radical (unpaired) electrons. The molecule has 1 aromatic heterocycles. The van der Waals surface area contributed by atoms with Crippen molar-refractivity contribution in [2.24, 2.45) is 11.1 Å². The third-order valence-corrected chi connectivity index (χ3v) is 3.14. The average molecular weight is 208 g/mol. The minimum Gasteiger partial charge on any atom is -0.388 e. The molecular weight excluding hydrogens is 192 g/mol. The molecule has 0 aromatic carbocycles. The van der Waals surface area contributed by atoms with E-state index < -0.39 is 6.10 Å². The first-order chi connectivity index (χ1) is 7.28. The molecule has 2 atom stereocenters. The topological polar surface area (TPSA) is 68.4 Å². The van der Waals surface area contributed by atoms with Crippen molar-refractivity contribution < 1.29 is 9.84 Å². The van der Waals surface area contributed by atoms with E-state index in [4.69, 9.17) is 10.5 Å². The van der Waals surface area contributed by atoms with Gasteiger partial charge in [0.2, 0.25) is 0 Å². The second-order valence-electron chi connectivity index (χ2n) is 4.05. The first kappa shape index (κ1) is 10.5. The van der Waals surface area contributed by atoms with Crippen LogP contribution in [-0.2, 0) is 4.74 Å². The summed E-state index contributed by atoms with van der Waals surface area (Å²) in [4.78, 5) is 3.93. The summed E-state index contributed by atoms with van der Waals surface area (Å²) < 4.78 is 5.34. The Morgan fingerprint density at radius 2 is 2.27 bits per heavy atom. The number of aliphatic hydroxyl groups excluding tert-OH is 1. The van der Waals surface area contributed by atoms with Gasteiger partial charge in [-0.1, -0.05) is 0 Å². The maximum Gasteiger partial charge on any atom is 0.0882 e. The molecule has 1 saturated heterocycles. The number of aromatic nitrogens is 1. The highest BCUT2D eigenvalue weighted by atomic mass is 16.5. The Labute approximate surface area is 89.1 Å². The molecular formula is C11H16N2O2. The predicted molar refractivity (Wildman–Crippen MR) is 56.1 cm³/mol. The fourth-order valence-corrected chi connectivity index (χ4v) is 2.01. The Morgan fingerprint density at radius 3 is 2.80 bits per heavy atom. The van der Waals surface area contributed by atoms with Gasteiger partial charge in [0.05, 0.1) is 12.7 Å². The van der Waals surface area contributed by atoms with Crippen LogP contribution in [0.3, 0.4) is 0 Å². The van der Waals surface area contributed by atoms with Crippen molar-refractivity contribution in [1.29, 1.82) is 0 Å². The molecule has 82 valence electrons.